The summed E-state index contributed by atoms with van der Waals surface area (Å²) in [5.41, 5.74) is 0.969. The number of hydrogen-bond acceptors (Lipinski definition) is 3. The average Bonchev–Trinajstić information content (AvgIpc) is 3.13. The van der Waals surface area contributed by atoms with E-state index in [2.05, 4.69) is 10.4 Å². The molecule has 0 saturated carbocycles. The van der Waals surface area contributed by atoms with Gasteiger partial charge < -0.3 is 5.32 Å². The summed E-state index contributed by atoms with van der Waals surface area (Å²) in [5, 5.41) is 16.0. The fourth-order valence-electron chi connectivity index (χ4n) is 2.64. The summed E-state index contributed by atoms with van der Waals surface area (Å²) in [7, 11) is 0. The molecule has 0 unspecified atom stereocenters. The van der Waals surface area contributed by atoms with Gasteiger partial charge in [0.05, 0.1) is 23.7 Å². The van der Waals surface area contributed by atoms with E-state index in [1.807, 2.05) is 36.5 Å². The molecule has 0 aliphatic heterocycles. The third-order valence-electron chi connectivity index (χ3n) is 3.94. The van der Waals surface area contributed by atoms with Gasteiger partial charge in [-0.1, -0.05) is 24.3 Å². The highest BCUT2D eigenvalue weighted by molar-refractivity contribution is 5.53. The van der Waals surface area contributed by atoms with Crippen LogP contribution in [0.2, 0.25) is 0 Å². The van der Waals surface area contributed by atoms with Crippen LogP contribution in [0.4, 0.5) is 18.9 Å². The largest absolute Gasteiger partial charge is 0.417 e. The van der Waals surface area contributed by atoms with Gasteiger partial charge in [-0.25, -0.2) is 0 Å². The van der Waals surface area contributed by atoms with Crippen molar-refractivity contribution in [3.8, 4) is 6.07 Å². The lowest BCUT2D eigenvalue weighted by molar-refractivity contribution is -0.137. The fraction of sp³-hybridized carbons (Fsp3) is 0.158. The van der Waals surface area contributed by atoms with Gasteiger partial charge in [-0.05, 0) is 35.4 Å². The standard InChI is InChI=1S/C19H15F3N4/c20-19(21,22)18-10-17(7-6-14(18)11-23)24-12-15-4-1-2-5-16(15)13-26-9-3-8-25-26/h1-10,24H,12-13H2. The highest BCUT2D eigenvalue weighted by Crippen LogP contribution is 2.33. The van der Waals surface area contributed by atoms with Gasteiger partial charge in [-0.2, -0.15) is 23.5 Å². The van der Waals surface area contributed by atoms with Crippen molar-refractivity contribution in [3.63, 3.8) is 0 Å². The normalized spacial score (nSPS) is 11.2. The smallest absolute Gasteiger partial charge is 0.381 e. The quantitative estimate of drug-likeness (QED) is 0.736. The van der Waals surface area contributed by atoms with Crippen LogP contribution in [0.15, 0.2) is 60.9 Å². The van der Waals surface area contributed by atoms with Crippen LogP contribution in [-0.2, 0) is 19.3 Å². The van der Waals surface area contributed by atoms with Gasteiger partial charge in [-0.15, -0.1) is 0 Å². The molecule has 1 heterocycles. The summed E-state index contributed by atoms with van der Waals surface area (Å²) in [6.45, 7) is 0.937. The number of nitriles is 1. The van der Waals surface area contributed by atoms with E-state index in [9.17, 15) is 13.2 Å². The van der Waals surface area contributed by atoms with E-state index in [4.69, 9.17) is 5.26 Å². The number of halogens is 3. The number of nitrogens with zero attached hydrogens (tertiary/aromatic N) is 3. The van der Waals surface area contributed by atoms with Gasteiger partial charge in [0.15, 0.2) is 0 Å². The Balaban J connectivity index is 1.79. The Morgan fingerprint density at radius 1 is 1.08 bits per heavy atom. The minimum atomic E-state index is -4.57. The van der Waals surface area contributed by atoms with Gasteiger partial charge in [0.1, 0.15) is 0 Å². The number of hydrogen-bond donors (Lipinski definition) is 1. The molecule has 0 aliphatic rings. The Kier molecular flexibility index (Phi) is 4.94. The lowest BCUT2D eigenvalue weighted by atomic mass is 10.1. The first kappa shape index (κ1) is 17.5. The SMILES string of the molecule is N#Cc1ccc(NCc2ccccc2Cn2cccn2)cc1C(F)(F)F. The lowest BCUT2D eigenvalue weighted by Gasteiger charge is -2.14. The highest BCUT2D eigenvalue weighted by Gasteiger charge is 2.33. The first-order chi connectivity index (χ1) is 12.5. The zero-order valence-corrected chi connectivity index (χ0v) is 13.7. The Morgan fingerprint density at radius 2 is 1.85 bits per heavy atom. The average molecular weight is 356 g/mol. The van der Waals surface area contributed by atoms with E-state index in [1.165, 1.54) is 12.1 Å². The van der Waals surface area contributed by atoms with E-state index in [0.717, 1.165) is 17.2 Å². The molecule has 1 aromatic heterocycles. The second kappa shape index (κ2) is 7.31. The second-order valence-electron chi connectivity index (χ2n) is 5.70. The monoisotopic (exact) mass is 356 g/mol. The van der Waals surface area contributed by atoms with Crippen LogP contribution < -0.4 is 5.32 Å². The molecule has 4 nitrogen and oxygen atoms in total. The predicted octanol–water partition coefficient (Wildman–Crippen LogP) is 4.43. The minimum absolute atomic E-state index is 0.310. The first-order valence-corrected chi connectivity index (χ1v) is 7.87. The van der Waals surface area contributed by atoms with Gasteiger partial charge in [0.2, 0.25) is 0 Å². The number of benzene rings is 2. The highest BCUT2D eigenvalue weighted by atomic mass is 19.4. The molecule has 0 bridgehead atoms. The molecule has 0 atom stereocenters. The van der Waals surface area contributed by atoms with Crippen molar-refractivity contribution in [2.24, 2.45) is 0 Å². The predicted molar refractivity (Wildman–Crippen MR) is 91.3 cm³/mol. The maximum Gasteiger partial charge on any atom is 0.417 e. The Hall–Kier alpha value is -3.27. The zero-order valence-electron chi connectivity index (χ0n) is 13.7. The maximum absolute atomic E-state index is 13.1. The van der Waals surface area contributed by atoms with Crippen LogP contribution in [0.1, 0.15) is 22.3 Å². The van der Waals surface area contributed by atoms with Crippen molar-refractivity contribution in [2.75, 3.05) is 5.32 Å². The second-order valence-corrected chi connectivity index (χ2v) is 5.70. The molecule has 2 aromatic carbocycles. The number of anilines is 1. The Labute approximate surface area is 148 Å². The van der Waals surface area contributed by atoms with Gasteiger partial charge in [0.25, 0.3) is 0 Å². The number of alkyl halides is 3. The minimum Gasteiger partial charge on any atom is -0.381 e. The van der Waals surface area contributed by atoms with Crippen molar-refractivity contribution in [3.05, 3.63) is 83.2 Å². The summed E-state index contributed by atoms with van der Waals surface area (Å²) >= 11 is 0. The topological polar surface area (TPSA) is 53.6 Å². The molecular weight excluding hydrogens is 341 g/mol. The van der Waals surface area contributed by atoms with Gasteiger partial charge >= 0.3 is 6.18 Å². The van der Waals surface area contributed by atoms with E-state index >= 15 is 0 Å². The number of nitrogens with one attached hydrogen (secondary N) is 1. The van der Waals surface area contributed by atoms with E-state index in [-0.39, 0.29) is 5.56 Å². The van der Waals surface area contributed by atoms with Crippen molar-refractivity contribution in [2.45, 2.75) is 19.3 Å². The molecule has 0 radical (unpaired) electrons. The summed E-state index contributed by atoms with van der Waals surface area (Å²) in [5.74, 6) is 0. The van der Waals surface area contributed by atoms with Crippen LogP contribution in [0.25, 0.3) is 0 Å². The van der Waals surface area contributed by atoms with Crippen molar-refractivity contribution in [1.29, 1.82) is 5.26 Å². The molecule has 0 spiro atoms. The Bertz CT molecular complexity index is 925. The molecule has 132 valence electrons. The molecule has 0 fully saturated rings. The van der Waals surface area contributed by atoms with E-state index in [0.29, 0.717) is 18.8 Å². The molecule has 0 aliphatic carbocycles. The molecule has 26 heavy (non-hydrogen) atoms. The molecule has 1 N–H and O–H groups in total. The van der Waals surface area contributed by atoms with Crippen LogP contribution in [-0.4, -0.2) is 9.78 Å². The molecular formula is C19H15F3N4. The molecule has 3 rings (SSSR count). The van der Waals surface area contributed by atoms with Crippen molar-refractivity contribution < 1.29 is 13.2 Å². The van der Waals surface area contributed by atoms with Crippen molar-refractivity contribution >= 4 is 5.69 Å². The summed E-state index contributed by atoms with van der Waals surface area (Å²) in [4.78, 5) is 0. The maximum atomic E-state index is 13.1. The fourth-order valence-corrected chi connectivity index (χ4v) is 2.64. The van der Waals surface area contributed by atoms with Crippen LogP contribution >= 0.6 is 0 Å². The van der Waals surface area contributed by atoms with Gasteiger partial charge in [-0.3, -0.25) is 4.68 Å². The molecule has 3 aromatic rings. The molecule has 7 heteroatoms. The third kappa shape index (κ3) is 4.03. The van der Waals surface area contributed by atoms with Crippen LogP contribution in [0.3, 0.4) is 0 Å². The van der Waals surface area contributed by atoms with Crippen LogP contribution in [0, 0.1) is 11.3 Å². The molecule has 0 amide bonds. The van der Waals surface area contributed by atoms with Crippen molar-refractivity contribution in [1.82, 2.24) is 9.78 Å². The zero-order chi connectivity index (χ0) is 18.6. The Morgan fingerprint density at radius 3 is 2.50 bits per heavy atom. The first-order valence-electron chi connectivity index (χ1n) is 7.87. The van der Waals surface area contributed by atoms with E-state index < -0.39 is 11.7 Å². The summed E-state index contributed by atoms with van der Waals surface area (Å²) in [6, 6.07) is 14.7. The summed E-state index contributed by atoms with van der Waals surface area (Å²) < 4.78 is 41.0. The third-order valence-corrected chi connectivity index (χ3v) is 3.94. The number of rotatable bonds is 5. The van der Waals surface area contributed by atoms with E-state index in [1.54, 1.807) is 16.9 Å². The lowest BCUT2D eigenvalue weighted by Crippen LogP contribution is -2.10. The van der Waals surface area contributed by atoms with Gasteiger partial charge in [0, 0.05) is 24.6 Å². The van der Waals surface area contributed by atoms with Crippen LogP contribution in [0.5, 0.6) is 0 Å². The number of aromatic nitrogens is 2. The summed E-state index contributed by atoms with van der Waals surface area (Å²) in [6.07, 6.45) is -1.03. The molecule has 0 saturated heterocycles.